The maximum absolute atomic E-state index is 14.3. The molecule has 0 aliphatic rings. The maximum Gasteiger partial charge on any atom is 0.269 e. The van der Waals surface area contributed by atoms with Gasteiger partial charge in [-0.2, -0.15) is 0 Å². The van der Waals surface area contributed by atoms with Crippen molar-refractivity contribution in [3.8, 4) is 11.3 Å². The van der Waals surface area contributed by atoms with Crippen molar-refractivity contribution in [2.45, 2.75) is 4.90 Å². The summed E-state index contributed by atoms with van der Waals surface area (Å²) in [6, 6.07) is 7.06. The van der Waals surface area contributed by atoms with E-state index in [1.807, 2.05) is 5.43 Å². The minimum atomic E-state index is -4.40. The van der Waals surface area contributed by atoms with Gasteiger partial charge in [-0.3, -0.25) is 10.2 Å². The van der Waals surface area contributed by atoms with Crippen molar-refractivity contribution in [2.24, 2.45) is 7.05 Å². The molecule has 1 heterocycles. The van der Waals surface area contributed by atoms with E-state index in [4.69, 9.17) is 11.6 Å². The molecule has 7 nitrogen and oxygen atoms in total. The maximum atomic E-state index is 14.3. The molecule has 1 amide bonds. The number of carbonyl (C=O) groups excluding carboxylic acids is 1. The highest BCUT2D eigenvalue weighted by Crippen LogP contribution is 2.27. The molecule has 146 valence electrons. The molecule has 0 aliphatic heterocycles. The molecule has 1 aromatic heterocycles. The van der Waals surface area contributed by atoms with E-state index < -0.39 is 38.0 Å². The fraction of sp³-hybridized carbons (Fsp3) is 0.0588. The van der Waals surface area contributed by atoms with Crippen LogP contribution >= 0.6 is 11.6 Å². The fourth-order valence-electron chi connectivity index (χ4n) is 2.36. The first-order chi connectivity index (χ1) is 13.2. The Morgan fingerprint density at radius 3 is 2.57 bits per heavy atom. The summed E-state index contributed by atoms with van der Waals surface area (Å²) in [6.45, 7) is 0. The number of sulfonamides is 1. The van der Waals surface area contributed by atoms with Crippen LogP contribution in [0.2, 0.25) is 5.02 Å². The molecule has 0 spiro atoms. The molecule has 0 bridgehead atoms. The van der Waals surface area contributed by atoms with Crippen LogP contribution in [0.25, 0.3) is 11.3 Å². The Hall–Kier alpha value is -2.82. The van der Waals surface area contributed by atoms with Gasteiger partial charge in [0, 0.05) is 18.8 Å². The van der Waals surface area contributed by atoms with Gasteiger partial charge in [0.2, 0.25) is 0 Å². The Bertz CT molecular complexity index is 1160. The number of amides is 1. The topological polar surface area (TPSA) is 93.1 Å². The third-order valence-electron chi connectivity index (χ3n) is 3.70. The Balaban J connectivity index is 1.87. The van der Waals surface area contributed by atoms with Gasteiger partial charge in [0.15, 0.2) is 5.82 Å². The Kier molecular flexibility index (Phi) is 5.45. The van der Waals surface area contributed by atoms with Crippen LogP contribution in [-0.2, 0) is 17.1 Å². The predicted molar refractivity (Wildman–Crippen MR) is 97.8 cm³/mol. The van der Waals surface area contributed by atoms with Gasteiger partial charge in [-0.25, -0.2) is 22.2 Å². The van der Waals surface area contributed by atoms with E-state index in [2.05, 4.69) is 4.98 Å². The zero-order valence-corrected chi connectivity index (χ0v) is 15.9. The third-order valence-corrected chi connectivity index (χ3v) is 5.25. The first kappa shape index (κ1) is 19.9. The zero-order valence-electron chi connectivity index (χ0n) is 14.3. The lowest BCUT2D eigenvalue weighted by molar-refractivity contribution is 0.0941. The molecule has 0 saturated heterocycles. The summed E-state index contributed by atoms with van der Waals surface area (Å²) in [5.41, 5.74) is 2.13. The van der Waals surface area contributed by atoms with Crippen molar-refractivity contribution in [3.63, 3.8) is 0 Å². The van der Waals surface area contributed by atoms with E-state index in [1.54, 1.807) is 22.6 Å². The van der Waals surface area contributed by atoms with Crippen LogP contribution in [0.15, 0.2) is 53.8 Å². The quantitative estimate of drug-likeness (QED) is 0.613. The summed E-state index contributed by atoms with van der Waals surface area (Å²) in [4.78, 5) is 17.5. The number of rotatable bonds is 5. The highest BCUT2D eigenvalue weighted by atomic mass is 35.5. The van der Waals surface area contributed by atoms with E-state index in [9.17, 15) is 22.0 Å². The molecule has 0 unspecified atom stereocenters. The lowest BCUT2D eigenvalue weighted by atomic mass is 10.1. The van der Waals surface area contributed by atoms with Gasteiger partial charge < -0.3 is 4.57 Å². The van der Waals surface area contributed by atoms with Crippen molar-refractivity contribution < 1.29 is 22.0 Å². The Morgan fingerprint density at radius 1 is 1.21 bits per heavy atom. The van der Waals surface area contributed by atoms with Crippen LogP contribution in [0.1, 0.15) is 10.4 Å². The van der Waals surface area contributed by atoms with Crippen molar-refractivity contribution in [1.82, 2.24) is 19.8 Å². The first-order valence-corrected chi connectivity index (χ1v) is 9.59. The number of hydrogen-bond donors (Lipinski definition) is 2. The van der Waals surface area contributed by atoms with Crippen LogP contribution in [0.4, 0.5) is 8.78 Å². The molecule has 11 heteroatoms. The van der Waals surface area contributed by atoms with E-state index in [0.29, 0.717) is 11.3 Å². The fourth-order valence-corrected chi connectivity index (χ4v) is 3.50. The number of nitrogens with zero attached hydrogens (tertiary/aromatic N) is 2. The monoisotopic (exact) mass is 426 g/mol. The van der Waals surface area contributed by atoms with Crippen LogP contribution in [0, 0.1) is 11.6 Å². The minimum Gasteiger partial charge on any atom is -0.340 e. The Labute approximate surface area is 164 Å². The lowest BCUT2D eigenvalue weighted by Gasteiger charge is -2.11. The average Bonchev–Trinajstić information content (AvgIpc) is 3.08. The molecule has 0 fully saturated rings. The minimum absolute atomic E-state index is 0.342. The molecule has 2 N–H and O–H groups in total. The second-order valence-corrected chi connectivity index (χ2v) is 7.79. The largest absolute Gasteiger partial charge is 0.340 e. The van der Waals surface area contributed by atoms with Gasteiger partial charge in [-0.1, -0.05) is 23.7 Å². The van der Waals surface area contributed by atoms with Crippen LogP contribution in [0.3, 0.4) is 0 Å². The van der Waals surface area contributed by atoms with Gasteiger partial charge in [-0.15, -0.1) is 4.83 Å². The van der Waals surface area contributed by atoms with Crippen LogP contribution in [0.5, 0.6) is 0 Å². The zero-order chi connectivity index (χ0) is 20.5. The third kappa shape index (κ3) is 4.03. The van der Waals surface area contributed by atoms with Gasteiger partial charge in [0.1, 0.15) is 10.7 Å². The van der Waals surface area contributed by atoms with Gasteiger partial charge in [0.05, 0.1) is 22.6 Å². The summed E-state index contributed by atoms with van der Waals surface area (Å²) in [7, 11) is -2.68. The van der Waals surface area contributed by atoms with Crippen LogP contribution in [-0.4, -0.2) is 23.9 Å². The van der Waals surface area contributed by atoms with Crippen molar-refractivity contribution in [1.29, 1.82) is 0 Å². The molecule has 3 aromatic rings. The van der Waals surface area contributed by atoms with E-state index in [0.717, 1.165) is 12.1 Å². The normalized spacial score (nSPS) is 11.4. The Morgan fingerprint density at radius 2 is 1.93 bits per heavy atom. The molecule has 0 radical (unpaired) electrons. The van der Waals surface area contributed by atoms with Crippen molar-refractivity contribution in [3.05, 3.63) is 71.1 Å². The number of hydrazine groups is 1. The van der Waals surface area contributed by atoms with Gasteiger partial charge >= 0.3 is 0 Å². The second-order valence-electron chi connectivity index (χ2n) is 5.73. The second kappa shape index (κ2) is 7.66. The molecule has 2 aromatic carbocycles. The first-order valence-electron chi connectivity index (χ1n) is 7.73. The number of hydrogen-bond acceptors (Lipinski definition) is 4. The number of halogens is 3. The predicted octanol–water partition coefficient (Wildman–Crippen LogP) is 2.64. The van der Waals surface area contributed by atoms with E-state index in [-0.39, 0.29) is 5.02 Å². The highest BCUT2D eigenvalue weighted by molar-refractivity contribution is 7.89. The summed E-state index contributed by atoms with van der Waals surface area (Å²) in [6.07, 6.45) is 3.14. The molecular weight excluding hydrogens is 414 g/mol. The molecular formula is C17H13ClF2N4O3S. The summed E-state index contributed by atoms with van der Waals surface area (Å²) < 4.78 is 53.9. The molecule has 3 rings (SSSR count). The SMILES string of the molecule is Cn1cnc(-c2cc(Cl)c(F)c(C(=O)NNS(=O)(=O)c3ccccc3F)c2)c1. The molecule has 0 atom stereocenters. The molecule has 0 aliphatic carbocycles. The number of carbonyl (C=O) groups is 1. The molecule has 28 heavy (non-hydrogen) atoms. The smallest absolute Gasteiger partial charge is 0.269 e. The lowest BCUT2D eigenvalue weighted by Crippen LogP contribution is -2.42. The van der Waals surface area contributed by atoms with Gasteiger partial charge in [0.25, 0.3) is 15.9 Å². The standard InChI is InChI=1S/C17H13ClF2N4O3S/c1-24-8-14(21-9-24)10-6-11(16(20)12(18)7-10)17(25)22-23-28(26,27)15-5-3-2-4-13(15)19/h2-9,23H,1H3,(H,22,25). The summed E-state index contributed by atoms with van der Waals surface area (Å²) in [5, 5.41) is -0.342. The summed E-state index contributed by atoms with van der Waals surface area (Å²) >= 11 is 5.85. The number of imidazole rings is 1. The van der Waals surface area contributed by atoms with Crippen LogP contribution < -0.4 is 10.3 Å². The number of aryl methyl sites for hydroxylation is 1. The van der Waals surface area contributed by atoms with Crippen molar-refractivity contribution in [2.75, 3.05) is 0 Å². The number of aromatic nitrogens is 2. The molecule has 0 saturated carbocycles. The van der Waals surface area contributed by atoms with Gasteiger partial charge in [-0.05, 0) is 24.3 Å². The van der Waals surface area contributed by atoms with E-state index in [1.165, 1.54) is 30.6 Å². The number of benzene rings is 2. The highest BCUT2D eigenvalue weighted by Gasteiger charge is 2.22. The summed E-state index contributed by atoms with van der Waals surface area (Å²) in [5.74, 6) is -3.16. The number of nitrogens with one attached hydrogen (secondary N) is 2. The van der Waals surface area contributed by atoms with E-state index >= 15 is 0 Å². The average molecular weight is 427 g/mol. The van der Waals surface area contributed by atoms with Crippen molar-refractivity contribution >= 4 is 27.5 Å².